The molecule has 1 unspecified atom stereocenters. The van der Waals surface area contributed by atoms with E-state index in [1.54, 1.807) is 32.9 Å². The van der Waals surface area contributed by atoms with E-state index < -0.39 is 58.9 Å². The van der Waals surface area contributed by atoms with Gasteiger partial charge in [0, 0.05) is 13.5 Å². The van der Waals surface area contributed by atoms with E-state index in [0.29, 0.717) is 12.0 Å². The van der Waals surface area contributed by atoms with Crippen molar-refractivity contribution in [2.45, 2.75) is 106 Å². The Bertz CT molecular complexity index is 1500. The molecule has 0 saturated heterocycles. The van der Waals surface area contributed by atoms with Gasteiger partial charge in [0.1, 0.15) is 17.8 Å². The topological polar surface area (TPSA) is 163 Å². The summed E-state index contributed by atoms with van der Waals surface area (Å²) < 4.78 is 0. The van der Waals surface area contributed by atoms with Crippen LogP contribution in [0.5, 0.6) is 0 Å². The maximum absolute atomic E-state index is 13.9. The van der Waals surface area contributed by atoms with Crippen LogP contribution in [0.25, 0.3) is 6.08 Å². The molecule has 0 fully saturated rings. The van der Waals surface area contributed by atoms with Crippen LogP contribution in [0.1, 0.15) is 90.8 Å². The first-order chi connectivity index (χ1) is 23.0. The van der Waals surface area contributed by atoms with Crippen LogP contribution < -0.4 is 26.6 Å². The van der Waals surface area contributed by atoms with Gasteiger partial charge in [0.25, 0.3) is 11.8 Å². The number of hydrogen-bond acceptors (Lipinski definition) is 6. The number of rotatable bonds is 17. The van der Waals surface area contributed by atoms with Crippen molar-refractivity contribution in [2.24, 2.45) is 11.3 Å². The second-order valence-electron chi connectivity index (χ2n) is 13.8. The summed E-state index contributed by atoms with van der Waals surface area (Å²) in [5.41, 5.74) is 1.58. The molecule has 0 radical (unpaired) electrons. The molecule has 0 bridgehead atoms. The molecule has 2 aromatic carbocycles. The lowest BCUT2D eigenvalue weighted by atomic mass is 9.85. The molecule has 49 heavy (non-hydrogen) atoms. The molecular weight excluding hydrogens is 622 g/mol. The van der Waals surface area contributed by atoms with E-state index >= 15 is 0 Å². The molecule has 2 aromatic rings. The minimum Gasteiger partial charge on any atom is -0.345 e. The van der Waals surface area contributed by atoms with E-state index in [1.165, 1.54) is 6.92 Å². The van der Waals surface area contributed by atoms with Gasteiger partial charge < -0.3 is 26.6 Å². The summed E-state index contributed by atoms with van der Waals surface area (Å²) in [4.78, 5) is 79.2. The highest BCUT2D eigenvalue weighted by atomic mass is 16.2. The van der Waals surface area contributed by atoms with Gasteiger partial charge in [-0.2, -0.15) is 0 Å². The first-order valence-corrected chi connectivity index (χ1v) is 16.9. The summed E-state index contributed by atoms with van der Waals surface area (Å²) in [5, 5.41) is 13.5. The van der Waals surface area contributed by atoms with Gasteiger partial charge in [0.15, 0.2) is 0 Å². The molecule has 11 heteroatoms. The number of ketones is 1. The maximum Gasteiger partial charge on any atom is 0.289 e. The number of aryl methyl sites for hydroxylation is 1. The molecule has 0 heterocycles. The van der Waals surface area contributed by atoms with Gasteiger partial charge in [-0.05, 0) is 53.9 Å². The zero-order chi connectivity index (χ0) is 36.7. The van der Waals surface area contributed by atoms with E-state index in [4.69, 9.17) is 0 Å². The van der Waals surface area contributed by atoms with Crippen molar-refractivity contribution in [3.8, 4) is 0 Å². The first kappa shape index (κ1) is 40.4. The van der Waals surface area contributed by atoms with Crippen molar-refractivity contribution in [1.82, 2.24) is 26.6 Å². The molecule has 0 aliphatic rings. The van der Waals surface area contributed by atoms with Crippen LogP contribution in [0.4, 0.5) is 0 Å². The predicted molar refractivity (Wildman–Crippen MR) is 190 cm³/mol. The molecule has 0 aromatic heterocycles. The minimum absolute atomic E-state index is 0.0268. The van der Waals surface area contributed by atoms with Crippen LogP contribution in [-0.2, 0) is 35.3 Å². The summed E-state index contributed by atoms with van der Waals surface area (Å²) in [6.45, 7) is 14.4. The number of Topliss-reactive ketones (excluding diaryl/α,β-unsaturated/α-hetero) is 1. The Morgan fingerprint density at radius 2 is 1.41 bits per heavy atom. The number of carbonyl (C=O) groups excluding carboxylic acids is 6. The summed E-state index contributed by atoms with van der Waals surface area (Å²) in [6, 6.07) is 13.3. The summed E-state index contributed by atoms with van der Waals surface area (Å²) in [5.74, 6) is -3.95. The van der Waals surface area contributed by atoms with Gasteiger partial charge in [0.2, 0.25) is 23.5 Å². The largest absolute Gasteiger partial charge is 0.345 e. The summed E-state index contributed by atoms with van der Waals surface area (Å²) in [6.07, 6.45) is 3.36. The fraction of sp³-hybridized carbons (Fsp3) is 0.474. The Morgan fingerprint density at radius 3 is 1.98 bits per heavy atom. The molecule has 266 valence electrons. The third kappa shape index (κ3) is 13.7. The Hall–Kier alpha value is -4.80. The third-order valence-electron chi connectivity index (χ3n) is 7.79. The average Bonchev–Trinajstić information content (AvgIpc) is 3.03. The quantitative estimate of drug-likeness (QED) is 0.125. The number of benzene rings is 2. The van der Waals surface area contributed by atoms with Gasteiger partial charge in [-0.1, -0.05) is 109 Å². The highest BCUT2D eigenvalue weighted by molar-refractivity contribution is 6.38. The van der Waals surface area contributed by atoms with E-state index in [1.807, 2.05) is 76.2 Å². The highest BCUT2D eigenvalue weighted by Crippen LogP contribution is 2.21. The van der Waals surface area contributed by atoms with Gasteiger partial charge in [-0.3, -0.25) is 28.8 Å². The molecule has 0 saturated carbocycles. The second-order valence-corrected chi connectivity index (χ2v) is 13.8. The van der Waals surface area contributed by atoms with Crippen LogP contribution in [-0.4, -0.2) is 53.4 Å². The lowest BCUT2D eigenvalue weighted by molar-refractivity contribution is -0.141. The van der Waals surface area contributed by atoms with Crippen LogP contribution in [0, 0.1) is 18.3 Å². The first-order valence-electron chi connectivity index (χ1n) is 16.9. The number of hydrogen-bond donors (Lipinski definition) is 5. The smallest absolute Gasteiger partial charge is 0.289 e. The van der Waals surface area contributed by atoms with Crippen molar-refractivity contribution < 1.29 is 28.8 Å². The zero-order valence-corrected chi connectivity index (χ0v) is 30.1. The molecule has 5 amide bonds. The van der Waals surface area contributed by atoms with E-state index in [-0.39, 0.29) is 31.0 Å². The summed E-state index contributed by atoms with van der Waals surface area (Å²) >= 11 is 0. The predicted octanol–water partition coefficient (Wildman–Crippen LogP) is 4.09. The zero-order valence-electron chi connectivity index (χ0n) is 30.1. The van der Waals surface area contributed by atoms with Crippen molar-refractivity contribution in [1.29, 1.82) is 0 Å². The molecule has 0 aliphatic carbocycles. The molecule has 11 nitrogen and oxygen atoms in total. The number of nitrogens with one attached hydrogen (secondary N) is 5. The summed E-state index contributed by atoms with van der Waals surface area (Å²) in [7, 11) is 0. The van der Waals surface area contributed by atoms with Crippen LogP contribution >= 0.6 is 0 Å². The molecule has 0 aliphatic heterocycles. The SMILES string of the molecule is CCCC[C@H](NC(=O)[C@H](CC(C)C)NC(=O)C(NC(=O)/C(=C\c1ccccc1C)NC(C)=O)C(C)(C)C)C(=O)C(=O)NCc1ccccc1. The molecule has 0 spiro atoms. The van der Waals surface area contributed by atoms with Crippen molar-refractivity contribution >= 4 is 41.4 Å². The van der Waals surface area contributed by atoms with Crippen molar-refractivity contribution in [3.05, 3.63) is 77.0 Å². The van der Waals surface area contributed by atoms with Crippen LogP contribution in [0.2, 0.25) is 0 Å². The lowest BCUT2D eigenvalue weighted by Crippen LogP contribution is -2.59. The Balaban J connectivity index is 2.28. The van der Waals surface area contributed by atoms with Crippen molar-refractivity contribution in [3.63, 3.8) is 0 Å². The van der Waals surface area contributed by atoms with Crippen LogP contribution in [0.15, 0.2) is 60.3 Å². The van der Waals surface area contributed by atoms with E-state index in [9.17, 15) is 28.8 Å². The molecule has 5 N–H and O–H groups in total. The number of carbonyl (C=O) groups is 6. The average molecular weight is 676 g/mol. The number of unbranched alkanes of at least 4 members (excludes halogenated alkanes) is 1. The van der Waals surface area contributed by atoms with Gasteiger partial charge >= 0.3 is 0 Å². The standard InChI is InChI=1S/C38H53N5O6/c1-9-10-20-29(32(45)36(48)39-23-27-17-12-11-13-18-27)41-34(46)30(21-24(2)3)42-37(49)33(38(6,7)8)43-35(47)31(40-26(5)44)22-28-19-15-14-16-25(28)4/h11-19,22,24,29-30,33H,9-10,20-21,23H2,1-8H3,(H,39,48)(H,40,44)(H,41,46)(H,42,49)(H,43,47)/b31-22+/t29-,30-,33?/m0/s1. The molecule has 3 atom stereocenters. The van der Waals surface area contributed by atoms with E-state index in [2.05, 4.69) is 26.6 Å². The lowest BCUT2D eigenvalue weighted by Gasteiger charge is -2.32. The minimum atomic E-state index is -1.11. The second kappa shape index (κ2) is 19.3. The van der Waals surface area contributed by atoms with Crippen molar-refractivity contribution in [2.75, 3.05) is 0 Å². The third-order valence-corrected chi connectivity index (χ3v) is 7.79. The van der Waals surface area contributed by atoms with Gasteiger partial charge in [-0.15, -0.1) is 0 Å². The maximum atomic E-state index is 13.9. The van der Waals surface area contributed by atoms with Crippen LogP contribution in [0.3, 0.4) is 0 Å². The fourth-order valence-corrected chi connectivity index (χ4v) is 5.07. The molecular formula is C38H53N5O6. The van der Waals surface area contributed by atoms with E-state index in [0.717, 1.165) is 17.5 Å². The fourth-order valence-electron chi connectivity index (χ4n) is 5.07. The van der Waals surface area contributed by atoms with Gasteiger partial charge in [0.05, 0.1) is 6.04 Å². The van der Waals surface area contributed by atoms with Gasteiger partial charge in [-0.25, -0.2) is 0 Å². The Kier molecular flexibility index (Phi) is 15.9. The molecule has 2 rings (SSSR count). The highest BCUT2D eigenvalue weighted by Gasteiger charge is 2.37. The monoisotopic (exact) mass is 675 g/mol. The Labute approximate surface area is 290 Å². The normalized spacial score (nSPS) is 13.4. The Morgan fingerprint density at radius 1 is 0.796 bits per heavy atom. The number of amides is 5.